The van der Waals surface area contributed by atoms with E-state index in [-0.39, 0.29) is 0 Å². The van der Waals surface area contributed by atoms with Crippen molar-refractivity contribution in [1.29, 1.82) is 0 Å². The quantitative estimate of drug-likeness (QED) is 0.760. The molecule has 0 unspecified atom stereocenters. The van der Waals surface area contributed by atoms with E-state index in [4.69, 9.17) is 0 Å². The fourth-order valence-electron chi connectivity index (χ4n) is 2.06. The second-order valence-corrected chi connectivity index (χ2v) is 5.72. The van der Waals surface area contributed by atoms with Crippen molar-refractivity contribution in [1.82, 2.24) is 4.90 Å². The summed E-state index contributed by atoms with van der Waals surface area (Å²) in [7, 11) is 0. The average molecular weight is 282 g/mol. The molecule has 0 aromatic heterocycles. The van der Waals surface area contributed by atoms with E-state index >= 15 is 0 Å². The van der Waals surface area contributed by atoms with E-state index in [1.165, 1.54) is 42.4 Å². The Morgan fingerprint density at radius 2 is 1.94 bits per heavy atom. The molecule has 1 aliphatic rings. The Kier molecular flexibility index (Phi) is 4.42. The first-order valence-corrected chi connectivity index (χ1v) is 7.04. The average Bonchev–Trinajstić information content (AvgIpc) is 3.06. The number of halogens is 1. The molecule has 1 aromatic rings. The van der Waals surface area contributed by atoms with Crippen LogP contribution in [0.5, 0.6) is 0 Å². The number of hydrogen-bond acceptors (Lipinski definition) is 1. The summed E-state index contributed by atoms with van der Waals surface area (Å²) in [6.45, 7) is 5.90. The van der Waals surface area contributed by atoms with Crippen LogP contribution in [0.3, 0.4) is 0 Å². The van der Waals surface area contributed by atoms with E-state index < -0.39 is 0 Å². The molecule has 1 aliphatic carbocycles. The lowest BCUT2D eigenvalue weighted by Gasteiger charge is -2.21. The highest BCUT2D eigenvalue weighted by molar-refractivity contribution is 9.10. The lowest BCUT2D eigenvalue weighted by molar-refractivity contribution is 0.255. The number of nitrogens with zero attached hydrogens (tertiary/aromatic N) is 1. The smallest absolute Gasteiger partial charge is 0.0233 e. The molecular weight excluding hydrogens is 262 g/mol. The summed E-state index contributed by atoms with van der Waals surface area (Å²) in [5.74, 6) is 0.988. The molecule has 1 nitrogen and oxygen atoms in total. The van der Waals surface area contributed by atoms with Crippen molar-refractivity contribution in [2.45, 2.75) is 32.7 Å². The van der Waals surface area contributed by atoms with Crippen molar-refractivity contribution < 1.29 is 0 Å². The lowest BCUT2D eigenvalue weighted by atomic mass is 10.2. The molecule has 1 aromatic carbocycles. The third kappa shape index (κ3) is 3.91. The molecule has 0 aliphatic heterocycles. The van der Waals surface area contributed by atoms with E-state index in [0.717, 1.165) is 12.5 Å². The normalized spacial score (nSPS) is 15.7. The maximum atomic E-state index is 3.48. The van der Waals surface area contributed by atoms with Gasteiger partial charge in [0.15, 0.2) is 0 Å². The summed E-state index contributed by atoms with van der Waals surface area (Å²) in [6, 6.07) is 8.71. The summed E-state index contributed by atoms with van der Waals surface area (Å²) in [4.78, 5) is 2.60. The fraction of sp³-hybridized carbons (Fsp3) is 0.571. The van der Waals surface area contributed by atoms with Gasteiger partial charge in [0.25, 0.3) is 0 Å². The third-order valence-corrected chi connectivity index (χ3v) is 3.60. The van der Waals surface area contributed by atoms with Crippen molar-refractivity contribution in [3.05, 3.63) is 34.3 Å². The van der Waals surface area contributed by atoms with Crippen LogP contribution in [0.15, 0.2) is 28.7 Å². The molecule has 0 bridgehead atoms. The van der Waals surface area contributed by atoms with Gasteiger partial charge in [-0.05, 0) is 49.4 Å². The van der Waals surface area contributed by atoms with Gasteiger partial charge >= 0.3 is 0 Å². The second kappa shape index (κ2) is 5.83. The van der Waals surface area contributed by atoms with E-state index in [1.807, 2.05) is 0 Å². The van der Waals surface area contributed by atoms with Gasteiger partial charge in [-0.1, -0.05) is 35.0 Å². The predicted octanol–water partition coefficient (Wildman–Crippen LogP) is 4.07. The first kappa shape index (κ1) is 12.1. The molecular formula is C14H20BrN. The van der Waals surface area contributed by atoms with E-state index in [2.05, 4.69) is 52.0 Å². The van der Waals surface area contributed by atoms with Gasteiger partial charge in [-0.25, -0.2) is 0 Å². The Morgan fingerprint density at radius 1 is 1.25 bits per heavy atom. The third-order valence-electron chi connectivity index (χ3n) is 3.07. The molecule has 0 atom stereocenters. The van der Waals surface area contributed by atoms with E-state index in [1.54, 1.807) is 0 Å². The zero-order chi connectivity index (χ0) is 11.4. The van der Waals surface area contributed by atoms with Gasteiger partial charge in [0, 0.05) is 17.6 Å². The topological polar surface area (TPSA) is 3.24 Å². The monoisotopic (exact) mass is 281 g/mol. The van der Waals surface area contributed by atoms with Crippen LogP contribution in [0, 0.1) is 5.92 Å². The minimum atomic E-state index is 0.988. The summed E-state index contributed by atoms with van der Waals surface area (Å²) in [5.41, 5.74) is 1.43. The van der Waals surface area contributed by atoms with E-state index in [9.17, 15) is 0 Å². The molecule has 0 amide bonds. The SMILES string of the molecule is CCCN(Cc1ccc(Br)cc1)CC1CC1. The van der Waals surface area contributed by atoms with Gasteiger partial charge in [0.1, 0.15) is 0 Å². The molecule has 0 N–H and O–H groups in total. The van der Waals surface area contributed by atoms with Crippen molar-refractivity contribution >= 4 is 15.9 Å². The molecule has 1 fully saturated rings. The second-order valence-electron chi connectivity index (χ2n) is 4.80. The molecule has 0 saturated heterocycles. The predicted molar refractivity (Wildman–Crippen MR) is 72.4 cm³/mol. The van der Waals surface area contributed by atoms with Gasteiger partial charge in [-0.3, -0.25) is 4.90 Å². The van der Waals surface area contributed by atoms with Gasteiger partial charge < -0.3 is 0 Å². The van der Waals surface area contributed by atoms with Crippen LogP contribution in [-0.4, -0.2) is 18.0 Å². The van der Waals surface area contributed by atoms with Crippen molar-refractivity contribution in [2.75, 3.05) is 13.1 Å². The van der Waals surface area contributed by atoms with Crippen LogP contribution in [-0.2, 0) is 6.54 Å². The van der Waals surface area contributed by atoms with Crippen LogP contribution in [0.2, 0.25) is 0 Å². The van der Waals surface area contributed by atoms with Crippen molar-refractivity contribution in [3.8, 4) is 0 Å². The largest absolute Gasteiger partial charge is 0.299 e. The summed E-state index contributed by atoms with van der Waals surface area (Å²) in [6.07, 6.45) is 4.14. The molecule has 0 spiro atoms. The summed E-state index contributed by atoms with van der Waals surface area (Å²) < 4.78 is 1.17. The zero-order valence-electron chi connectivity index (χ0n) is 9.95. The molecule has 88 valence electrons. The maximum Gasteiger partial charge on any atom is 0.0233 e. The minimum absolute atomic E-state index is 0.988. The highest BCUT2D eigenvalue weighted by Gasteiger charge is 2.23. The van der Waals surface area contributed by atoms with Crippen molar-refractivity contribution in [3.63, 3.8) is 0 Å². The van der Waals surface area contributed by atoms with Crippen LogP contribution < -0.4 is 0 Å². The molecule has 2 heteroatoms. The Hall–Kier alpha value is -0.340. The van der Waals surface area contributed by atoms with E-state index in [0.29, 0.717) is 0 Å². The molecule has 0 heterocycles. The van der Waals surface area contributed by atoms with Gasteiger partial charge in [-0.15, -0.1) is 0 Å². The lowest BCUT2D eigenvalue weighted by Crippen LogP contribution is -2.26. The van der Waals surface area contributed by atoms with Crippen LogP contribution >= 0.6 is 15.9 Å². The van der Waals surface area contributed by atoms with Crippen LogP contribution in [0.4, 0.5) is 0 Å². The Balaban J connectivity index is 1.90. The van der Waals surface area contributed by atoms with Gasteiger partial charge in [-0.2, -0.15) is 0 Å². The highest BCUT2D eigenvalue weighted by Crippen LogP contribution is 2.30. The Bertz CT molecular complexity index is 316. The summed E-state index contributed by atoms with van der Waals surface area (Å²) >= 11 is 3.48. The number of hydrogen-bond donors (Lipinski definition) is 0. The molecule has 1 saturated carbocycles. The summed E-state index contributed by atoms with van der Waals surface area (Å²) in [5, 5.41) is 0. The first-order valence-electron chi connectivity index (χ1n) is 6.24. The highest BCUT2D eigenvalue weighted by atomic mass is 79.9. The number of rotatable bonds is 6. The number of benzene rings is 1. The molecule has 0 radical (unpaired) electrons. The van der Waals surface area contributed by atoms with Gasteiger partial charge in [0.05, 0.1) is 0 Å². The van der Waals surface area contributed by atoms with Gasteiger partial charge in [0.2, 0.25) is 0 Å². The zero-order valence-corrected chi connectivity index (χ0v) is 11.5. The Labute approximate surface area is 107 Å². The Morgan fingerprint density at radius 3 is 2.50 bits per heavy atom. The first-order chi connectivity index (χ1) is 7.78. The molecule has 2 rings (SSSR count). The minimum Gasteiger partial charge on any atom is -0.299 e. The van der Waals surface area contributed by atoms with Crippen molar-refractivity contribution in [2.24, 2.45) is 5.92 Å². The fourth-order valence-corrected chi connectivity index (χ4v) is 2.33. The standard InChI is InChI=1S/C14H20BrN/c1-2-9-16(10-12-3-4-12)11-13-5-7-14(15)8-6-13/h5-8,12H,2-4,9-11H2,1H3. The maximum absolute atomic E-state index is 3.48. The van der Waals surface area contributed by atoms with Crippen LogP contribution in [0.25, 0.3) is 0 Å². The molecule has 16 heavy (non-hydrogen) atoms. The van der Waals surface area contributed by atoms with Crippen LogP contribution in [0.1, 0.15) is 31.7 Å².